The lowest BCUT2D eigenvalue weighted by molar-refractivity contribution is -0.141. The molecule has 0 saturated carbocycles. The first-order valence-electron chi connectivity index (χ1n) is 14.0. The molecule has 226 valence electrons. The summed E-state index contributed by atoms with van der Waals surface area (Å²) in [5, 5.41) is 5.49. The number of nitrogens with one attached hydrogen (secondary N) is 2. The van der Waals surface area contributed by atoms with E-state index in [2.05, 4.69) is 16.6 Å². The number of nitrogens with zero attached hydrogens (tertiary/aromatic N) is 1. The van der Waals surface area contributed by atoms with Crippen molar-refractivity contribution in [2.45, 2.75) is 77.5 Å². The molecule has 42 heavy (non-hydrogen) atoms. The molecular weight excluding hydrogens is 536 g/mol. The Bertz CT molecular complexity index is 1250. The zero-order valence-electron chi connectivity index (χ0n) is 25.1. The predicted octanol–water partition coefficient (Wildman–Crippen LogP) is 4.53. The van der Waals surface area contributed by atoms with Crippen molar-refractivity contribution in [3.8, 4) is 18.1 Å². The number of methoxy groups -OCH3 is 1. The van der Waals surface area contributed by atoms with E-state index in [1.165, 1.54) is 4.90 Å². The van der Waals surface area contributed by atoms with Gasteiger partial charge in [-0.3, -0.25) is 14.4 Å². The van der Waals surface area contributed by atoms with E-state index in [-0.39, 0.29) is 19.4 Å². The molecule has 2 aromatic carbocycles. The third-order valence-corrected chi connectivity index (χ3v) is 6.26. The minimum Gasteiger partial charge on any atom is -0.497 e. The van der Waals surface area contributed by atoms with E-state index < -0.39 is 41.5 Å². The third kappa shape index (κ3) is 10.8. The second-order valence-electron chi connectivity index (χ2n) is 10.8. The lowest BCUT2D eigenvalue weighted by Crippen LogP contribution is -2.52. The quantitative estimate of drug-likeness (QED) is 0.222. The van der Waals surface area contributed by atoms with Crippen LogP contribution in [0.5, 0.6) is 5.75 Å². The van der Waals surface area contributed by atoms with E-state index in [0.29, 0.717) is 29.0 Å². The molecule has 10 heteroatoms. The van der Waals surface area contributed by atoms with Gasteiger partial charge in [-0.15, -0.1) is 6.42 Å². The van der Waals surface area contributed by atoms with Gasteiger partial charge in [0.1, 0.15) is 23.4 Å². The largest absolute Gasteiger partial charge is 0.497 e. The minimum atomic E-state index is -1.17. The monoisotopic (exact) mass is 578 g/mol. The molecule has 2 rings (SSSR count). The number of terminal acetylenes is 1. The van der Waals surface area contributed by atoms with E-state index >= 15 is 0 Å². The molecule has 0 heterocycles. The van der Waals surface area contributed by atoms with Gasteiger partial charge in [-0.25, -0.2) is 4.79 Å². The van der Waals surface area contributed by atoms with Gasteiger partial charge in [-0.2, -0.15) is 0 Å². The maximum absolute atomic E-state index is 14.2. The number of hydrogen-bond donors (Lipinski definition) is 3. The topological polar surface area (TPSA) is 140 Å². The van der Waals surface area contributed by atoms with Gasteiger partial charge in [0.15, 0.2) is 0 Å². The van der Waals surface area contributed by atoms with Crippen molar-refractivity contribution in [2.75, 3.05) is 19.0 Å². The van der Waals surface area contributed by atoms with Gasteiger partial charge in [-0.05, 0) is 75.6 Å². The van der Waals surface area contributed by atoms with E-state index in [4.69, 9.17) is 21.6 Å². The smallest absolute Gasteiger partial charge is 0.408 e. The molecule has 0 bridgehead atoms. The number of ether oxygens (including phenoxy) is 2. The summed E-state index contributed by atoms with van der Waals surface area (Å²) in [6, 6.07) is 11.3. The molecule has 2 aromatic rings. The third-order valence-electron chi connectivity index (χ3n) is 6.26. The summed E-state index contributed by atoms with van der Waals surface area (Å²) in [5.74, 6) is 1.53. The van der Waals surface area contributed by atoms with Crippen LogP contribution in [-0.2, 0) is 19.1 Å². The van der Waals surface area contributed by atoms with Gasteiger partial charge in [-0.1, -0.05) is 37.8 Å². The van der Waals surface area contributed by atoms with Gasteiger partial charge in [0.25, 0.3) is 5.91 Å². The number of hydrogen-bond acceptors (Lipinski definition) is 6. The molecule has 4 N–H and O–H groups in total. The Morgan fingerprint density at radius 3 is 2.19 bits per heavy atom. The molecule has 0 fully saturated rings. The number of rotatable bonds is 14. The predicted molar refractivity (Wildman–Crippen MR) is 162 cm³/mol. The molecule has 0 saturated heterocycles. The van der Waals surface area contributed by atoms with Gasteiger partial charge >= 0.3 is 6.09 Å². The van der Waals surface area contributed by atoms with Crippen LogP contribution in [0, 0.1) is 12.3 Å². The van der Waals surface area contributed by atoms with Crippen LogP contribution >= 0.6 is 0 Å². The summed E-state index contributed by atoms with van der Waals surface area (Å²) in [4.78, 5) is 53.9. The SMILES string of the molecule is C#Cc1ccc(C(C(=O)Nc2ccc(OC)cc2)N(CCCCC)C(=O)C(CCC(N)=O)NC(=O)OC(C)(C)C)cc1. The Morgan fingerprint density at radius 1 is 1.02 bits per heavy atom. The molecule has 0 spiro atoms. The van der Waals surface area contributed by atoms with Crippen LogP contribution < -0.4 is 21.1 Å². The molecule has 0 aliphatic rings. The molecule has 4 amide bonds. The average Bonchev–Trinajstić information content (AvgIpc) is 2.94. The van der Waals surface area contributed by atoms with Crippen LogP contribution in [0.4, 0.5) is 10.5 Å². The first-order valence-corrected chi connectivity index (χ1v) is 14.0. The van der Waals surface area contributed by atoms with Gasteiger partial charge in [0.2, 0.25) is 11.8 Å². The highest BCUT2D eigenvalue weighted by Crippen LogP contribution is 2.27. The van der Waals surface area contributed by atoms with Crippen LogP contribution in [-0.4, -0.2) is 54.0 Å². The Labute approximate surface area is 248 Å². The number of carbonyl (C=O) groups excluding carboxylic acids is 4. The van der Waals surface area contributed by atoms with Crippen LogP contribution in [0.3, 0.4) is 0 Å². The molecule has 2 atom stereocenters. The first kappa shape index (κ1) is 33.7. The number of benzene rings is 2. The summed E-state index contributed by atoms with van der Waals surface area (Å²) in [7, 11) is 1.54. The molecule has 2 unspecified atom stereocenters. The van der Waals surface area contributed by atoms with E-state index in [9.17, 15) is 19.2 Å². The zero-order valence-corrected chi connectivity index (χ0v) is 25.1. The van der Waals surface area contributed by atoms with Crippen molar-refractivity contribution in [3.05, 3.63) is 59.7 Å². The second-order valence-corrected chi connectivity index (χ2v) is 10.8. The Morgan fingerprint density at radius 2 is 1.67 bits per heavy atom. The fraction of sp³-hybridized carbons (Fsp3) is 0.438. The Kier molecular flexibility index (Phi) is 12.9. The van der Waals surface area contributed by atoms with Crippen molar-refractivity contribution >= 4 is 29.5 Å². The van der Waals surface area contributed by atoms with Crippen molar-refractivity contribution in [1.82, 2.24) is 10.2 Å². The second kappa shape index (κ2) is 16.1. The van der Waals surface area contributed by atoms with Crippen LogP contribution in [0.2, 0.25) is 0 Å². The molecule has 0 aliphatic heterocycles. The summed E-state index contributed by atoms with van der Waals surface area (Å²) in [5.41, 5.74) is 6.21. The first-order chi connectivity index (χ1) is 19.9. The van der Waals surface area contributed by atoms with E-state index in [0.717, 1.165) is 12.8 Å². The molecule has 0 aliphatic carbocycles. The Hall–Kier alpha value is -4.52. The Balaban J connectivity index is 2.55. The molecule has 10 nitrogen and oxygen atoms in total. The average molecular weight is 579 g/mol. The van der Waals surface area contributed by atoms with Crippen molar-refractivity contribution in [3.63, 3.8) is 0 Å². The van der Waals surface area contributed by atoms with Crippen molar-refractivity contribution < 1.29 is 28.7 Å². The van der Waals surface area contributed by atoms with Crippen molar-refractivity contribution in [1.29, 1.82) is 0 Å². The summed E-state index contributed by atoms with van der Waals surface area (Å²) in [6.45, 7) is 7.33. The maximum Gasteiger partial charge on any atom is 0.408 e. The van der Waals surface area contributed by atoms with Crippen LogP contribution in [0.1, 0.15) is 77.0 Å². The number of nitrogens with two attached hydrogens (primary N) is 1. The van der Waals surface area contributed by atoms with Crippen LogP contribution in [0.15, 0.2) is 48.5 Å². The number of primary amides is 1. The fourth-order valence-electron chi connectivity index (χ4n) is 4.21. The minimum absolute atomic E-state index is 0.0689. The molecular formula is C32H42N4O6. The number of unbranched alkanes of at least 4 members (excludes halogenated alkanes) is 2. The summed E-state index contributed by atoms with van der Waals surface area (Å²) < 4.78 is 10.6. The standard InChI is InChI=1S/C32H42N4O6/c1-7-9-10-21-36(30(39)26(19-20-27(33)37)35-31(40)42-32(3,4)5)28(23-13-11-22(8-2)12-14-23)29(38)34-24-15-17-25(41-6)18-16-24/h2,11-18,26,28H,7,9-10,19-21H2,1,3-6H3,(H2,33,37)(H,34,38)(H,35,40). The molecule has 0 radical (unpaired) electrons. The lowest BCUT2D eigenvalue weighted by atomic mass is 9.99. The fourth-order valence-corrected chi connectivity index (χ4v) is 4.21. The summed E-state index contributed by atoms with van der Waals surface area (Å²) >= 11 is 0. The maximum atomic E-state index is 14.2. The lowest BCUT2D eigenvalue weighted by Gasteiger charge is -2.34. The van der Waals surface area contributed by atoms with Crippen molar-refractivity contribution in [2.24, 2.45) is 5.73 Å². The highest BCUT2D eigenvalue weighted by atomic mass is 16.6. The number of amides is 4. The zero-order chi connectivity index (χ0) is 31.3. The number of carbonyl (C=O) groups is 4. The summed E-state index contributed by atoms with van der Waals surface area (Å²) in [6.07, 6.45) is 6.78. The van der Waals surface area contributed by atoms with Gasteiger partial charge in [0, 0.05) is 24.2 Å². The molecule has 0 aromatic heterocycles. The van der Waals surface area contributed by atoms with Gasteiger partial charge < -0.3 is 30.7 Å². The highest BCUT2D eigenvalue weighted by molar-refractivity contribution is 5.99. The number of alkyl carbamates (subject to hydrolysis) is 1. The number of anilines is 1. The highest BCUT2D eigenvalue weighted by Gasteiger charge is 2.36. The van der Waals surface area contributed by atoms with E-state index in [1.807, 2.05) is 6.92 Å². The normalized spacial score (nSPS) is 12.3. The van der Waals surface area contributed by atoms with Crippen LogP contribution in [0.25, 0.3) is 0 Å². The van der Waals surface area contributed by atoms with Gasteiger partial charge in [0.05, 0.1) is 7.11 Å². The van der Waals surface area contributed by atoms with E-state index in [1.54, 1.807) is 76.4 Å².